The van der Waals surface area contributed by atoms with Crippen LogP contribution in [0.5, 0.6) is 0 Å². The van der Waals surface area contributed by atoms with Gasteiger partial charge in [-0.3, -0.25) is 0 Å². The van der Waals surface area contributed by atoms with Crippen LogP contribution in [-0.2, 0) is 0 Å². The minimum atomic E-state index is -0.233. The van der Waals surface area contributed by atoms with E-state index in [0.29, 0.717) is 0 Å². The van der Waals surface area contributed by atoms with E-state index in [1.165, 1.54) is 17.7 Å². The van der Waals surface area contributed by atoms with Gasteiger partial charge in [-0.05, 0) is 66.1 Å². The molecule has 0 saturated heterocycles. The predicted octanol–water partition coefficient (Wildman–Crippen LogP) is 5.85. The van der Waals surface area contributed by atoms with Gasteiger partial charge in [0.1, 0.15) is 11.6 Å². The number of halogens is 1. The van der Waals surface area contributed by atoms with Gasteiger partial charge in [-0.25, -0.2) is 9.37 Å². The molecule has 134 valence electrons. The Morgan fingerprint density at radius 2 is 1.70 bits per heavy atom. The van der Waals surface area contributed by atoms with E-state index in [1.54, 1.807) is 12.1 Å². The summed E-state index contributed by atoms with van der Waals surface area (Å²) in [7, 11) is 0. The van der Waals surface area contributed by atoms with Crippen molar-refractivity contribution in [1.82, 2.24) is 9.55 Å². The van der Waals surface area contributed by atoms with Crippen LogP contribution in [0.25, 0.3) is 16.8 Å². The van der Waals surface area contributed by atoms with Gasteiger partial charge in [-0.15, -0.1) is 0 Å². The third-order valence-corrected chi connectivity index (χ3v) is 4.57. The number of benzene rings is 2. The monoisotopic (exact) mass is 357 g/mol. The first-order valence-corrected chi connectivity index (χ1v) is 8.91. The zero-order valence-corrected chi connectivity index (χ0v) is 15.0. The summed E-state index contributed by atoms with van der Waals surface area (Å²) in [6, 6.07) is 23.0. The maximum absolute atomic E-state index is 13.1. The number of rotatable bonds is 5. The van der Waals surface area contributed by atoms with Crippen LogP contribution in [-0.4, -0.2) is 9.55 Å². The van der Waals surface area contributed by atoms with E-state index in [4.69, 9.17) is 0 Å². The molecule has 0 aliphatic rings. The molecule has 4 rings (SSSR count). The quantitative estimate of drug-likeness (QED) is 0.485. The highest BCUT2D eigenvalue weighted by molar-refractivity contribution is 5.66. The first-order valence-electron chi connectivity index (χ1n) is 8.91. The van der Waals surface area contributed by atoms with E-state index in [9.17, 15) is 4.39 Å². The predicted molar refractivity (Wildman–Crippen MR) is 107 cm³/mol. The second-order valence-corrected chi connectivity index (χ2v) is 6.49. The fourth-order valence-corrected chi connectivity index (χ4v) is 3.08. The van der Waals surface area contributed by atoms with Crippen LogP contribution in [0.15, 0.2) is 91.4 Å². The zero-order chi connectivity index (χ0) is 18.6. The van der Waals surface area contributed by atoms with Gasteiger partial charge in [0.05, 0.1) is 0 Å². The summed E-state index contributed by atoms with van der Waals surface area (Å²) in [4.78, 5) is 4.45. The van der Waals surface area contributed by atoms with Crippen molar-refractivity contribution in [2.24, 2.45) is 0 Å². The number of anilines is 1. The third kappa shape index (κ3) is 3.90. The highest BCUT2D eigenvalue weighted by atomic mass is 19.1. The SMILES string of the molecule is C[C@H](Nc1cc(-c2ccn(-c3ccc(F)cc3)c2)ccn1)c1ccccc1. The highest BCUT2D eigenvalue weighted by Gasteiger charge is 2.08. The van der Waals surface area contributed by atoms with Crippen LogP contribution in [0, 0.1) is 5.82 Å². The molecule has 0 aliphatic heterocycles. The Morgan fingerprint density at radius 3 is 2.48 bits per heavy atom. The van der Waals surface area contributed by atoms with Crippen molar-refractivity contribution in [2.45, 2.75) is 13.0 Å². The van der Waals surface area contributed by atoms with Crippen molar-refractivity contribution in [1.29, 1.82) is 0 Å². The van der Waals surface area contributed by atoms with Crippen molar-refractivity contribution in [3.8, 4) is 16.8 Å². The molecule has 0 fully saturated rings. The fraction of sp³-hybridized carbons (Fsp3) is 0.0870. The van der Waals surface area contributed by atoms with E-state index in [2.05, 4.69) is 29.4 Å². The zero-order valence-electron chi connectivity index (χ0n) is 15.0. The Hall–Kier alpha value is -3.40. The molecule has 27 heavy (non-hydrogen) atoms. The highest BCUT2D eigenvalue weighted by Crippen LogP contribution is 2.25. The van der Waals surface area contributed by atoms with Gasteiger partial charge >= 0.3 is 0 Å². The molecule has 3 nitrogen and oxygen atoms in total. The van der Waals surface area contributed by atoms with Crippen LogP contribution in [0.4, 0.5) is 10.2 Å². The smallest absolute Gasteiger partial charge is 0.126 e. The van der Waals surface area contributed by atoms with Crippen LogP contribution in [0.3, 0.4) is 0 Å². The van der Waals surface area contributed by atoms with E-state index in [1.807, 2.05) is 59.6 Å². The molecule has 4 heteroatoms. The van der Waals surface area contributed by atoms with Gasteiger partial charge < -0.3 is 9.88 Å². The van der Waals surface area contributed by atoms with Gasteiger partial charge in [-0.2, -0.15) is 0 Å². The summed E-state index contributed by atoms with van der Waals surface area (Å²) in [5, 5.41) is 3.45. The molecule has 0 unspecified atom stereocenters. The first kappa shape index (κ1) is 17.0. The van der Waals surface area contributed by atoms with E-state index in [-0.39, 0.29) is 11.9 Å². The van der Waals surface area contributed by atoms with Crippen LogP contribution >= 0.6 is 0 Å². The Kier molecular flexibility index (Phi) is 4.71. The van der Waals surface area contributed by atoms with Crippen molar-refractivity contribution >= 4 is 5.82 Å². The maximum Gasteiger partial charge on any atom is 0.126 e. The number of nitrogens with zero attached hydrogens (tertiary/aromatic N) is 2. The molecule has 1 N–H and O–H groups in total. The van der Waals surface area contributed by atoms with E-state index >= 15 is 0 Å². The van der Waals surface area contributed by atoms with Crippen LogP contribution in [0.2, 0.25) is 0 Å². The Labute approximate surface area is 158 Å². The molecule has 1 atom stereocenters. The van der Waals surface area contributed by atoms with Crippen molar-refractivity contribution in [3.05, 3.63) is 103 Å². The fourth-order valence-electron chi connectivity index (χ4n) is 3.08. The minimum absolute atomic E-state index is 0.165. The first-order chi connectivity index (χ1) is 13.2. The normalized spacial score (nSPS) is 11.9. The number of nitrogens with one attached hydrogen (secondary N) is 1. The summed E-state index contributed by atoms with van der Waals surface area (Å²) in [5.41, 5.74) is 4.30. The van der Waals surface area contributed by atoms with E-state index < -0.39 is 0 Å². The lowest BCUT2D eigenvalue weighted by atomic mass is 10.1. The molecule has 0 amide bonds. The molecular formula is C23H20FN3. The lowest BCUT2D eigenvalue weighted by Crippen LogP contribution is -2.07. The van der Waals surface area contributed by atoms with Gasteiger partial charge in [0.2, 0.25) is 0 Å². The molecule has 0 saturated carbocycles. The second kappa shape index (κ2) is 7.46. The molecular weight excluding hydrogens is 337 g/mol. The molecule has 0 bridgehead atoms. The molecule has 2 aromatic heterocycles. The molecule has 0 spiro atoms. The van der Waals surface area contributed by atoms with Crippen molar-refractivity contribution in [3.63, 3.8) is 0 Å². The largest absolute Gasteiger partial charge is 0.364 e. The number of hydrogen-bond donors (Lipinski definition) is 1. The summed E-state index contributed by atoms with van der Waals surface area (Å²) in [5.74, 6) is 0.599. The molecule has 4 aromatic rings. The summed E-state index contributed by atoms with van der Waals surface area (Å²) in [6.45, 7) is 2.12. The molecule has 0 aliphatic carbocycles. The second-order valence-electron chi connectivity index (χ2n) is 6.49. The Balaban J connectivity index is 1.55. The van der Waals surface area contributed by atoms with Gasteiger partial charge in [0.25, 0.3) is 0 Å². The average Bonchev–Trinajstić information content (AvgIpc) is 3.20. The number of hydrogen-bond acceptors (Lipinski definition) is 2. The Bertz CT molecular complexity index is 1020. The van der Waals surface area contributed by atoms with Crippen LogP contribution in [0.1, 0.15) is 18.5 Å². The van der Waals surface area contributed by atoms with Gasteiger partial charge in [-0.1, -0.05) is 30.3 Å². The number of pyridine rings is 1. The lowest BCUT2D eigenvalue weighted by molar-refractivity contribution is 0.627. The summed E-state index contributed by atoms with van der Waals surface area (Å²) >= 11 is 0. The summed E-state index contributed by atoms with van der Waals surface area (Å²) in [6.07, 6.45) is 5.82. The molecule has 2 heterocycles. The standard InChI is InChI=1S/C23H20FN3/c1-17(18-5-3-2-4-6-18)26-23-15-19(11-13-25-23)20-12-14-27(16-20)22-9-7-21(24)8-10-22/h2-17H,1H3,(H,25,26)/t17-/m0/s1. The summed E-state index contributed by atoms with van der Waals surface area (Å²) < 4.78 is 15.1. The van der Waals surface area contributed by atoms with Crippen molar-refractivity contribution < 1.29 is 4.39 Å². The lowest BCUT2D eigenvalue weighted by Gasteiger charge is -2.15. The topological polar surface area (TPSA) is 29.9 Å². The average molecular weight is 357 g/mol. The molecule has 2 aromatic carbocycles. The minimum Gasteiger partial charge on any atom is -0.364 e. The molecule has 0 radical (unpaired) electrons. The van der Waals surface area contributed by atoms with Gasteiger partial charge in [0, 0.05) is 30.3 Å². The van der Waals surface area contributed by atoms with Gasteiger partial charge in [0.15, 0.2) is 0 Å². The van der Waals surface area contributed by atoms with Crippen LogP contribution < -0.4 is 5.32 Å². The maximum atomic E-state index is 13.1. The van der Waals surface area contributed by atoms with Crippen molar-refractivity contribution in [2.75, 3.05) is 5.32 Å². The van der Waals surface area contributed by atoms with E-state index in [0.717, 1.165) is 22.6 Å². The number of aromatic nitrogens is 2. The third-order valence-electron chi connectivity index (χ3n) is 4.57. The Morgan fingerprint density at radius 1 is 0.926 bits per heavy atom.